The number of carbonyl (C=O) groups excluding carboxylic acids is 2. The number of carbonyl (C=O) groups is 2. The Morgan fingerprint density at radius 1 is 1.15 bits per heavy atom. The largest absolute Gasteiger partial charge is 0.466 e. The molecule has 7 nitrogen and oxygen atoms in total. The van der Waals surface area contributed by atoms with Gasteiger partial charge in [-0.05, 0) is 25.0 Å². The minimum atomic E-state index is -0.950. The number of nitrogens with one attached hydrogen (secondary N) is 1. The maximum Gasteiger partial charge on any atom is 0.337 e. The molecule has 7 heteroatoms. The Morgan fingerprint density at radius 3 is 2.44 bits per heavy atom. The Labute approximate surface area is 157 Å². The van der Waals surface area contributed by atoms with Crippen molar-refractivity contribution in [2.45, 2.75) is 26.2 Å². The van der Waals surface area contributed by atoms with Crippen LogP contribution >= 0.6 is 0 Å². The molecule has 1 aromatic rings. The first-order valence-corrected chi connectivity index (χ1v) is 8.36. The van der Waals surface area contributed by atoms with Gasteiger partial charge in [0.15, 0.2) is 0 Å². The van der Waals surface area contributed by atoms with E-state index in [1.165, 1.54) is 7.11 Å². The first kappa shape index (κ1) is 19.7. The van der Waals surface area contributed by atoms with Crippen LogP contribution in [-0.2, 0) is 19.1 Å². The summed E-state index contributed by atoms with van der Waals surface area (Å²) in [6.45, 7) is 3.70. The van der Waals surface area contributed by atoms with Gasteiger partial charge in [0, 0.05) is 5.70 Å². The predicted molar refractivity (Wildman–Crippen MR) is 95.6 cm³/mol. The van der Waals surface area contributed by atoms with Gasteiger partial charge in [-0.15, -0.1) is 0 Å². The molecular formula is C20H19N3O4. The van der Waals surface area contributed by atoms with Gasteiger partial charge in [0.05, 0.1) is 42.4 Å². The molecule has 0 aromatic heterocycles. The van der Waals surface area contributed by atoms with E-state index in [1.807, 2.05) is 13.0 Å². The van der Waals surface area contributed by atoms with Crippen molar-refractivity contribution in [2.24, 2.45) is 0 Å². The van der Waals surface area contributed by atoms with Crippen LogP contribution in [0, 0.1) is 22.7 Å². The van der Waals surface area contributed by atoms with E-state index in [0.29, 0.717) is 17.7 Å². The summed E-state index contributed by atoms with van der Waals surface area (Å²) in [5.74, 6) is -2.32. The fourth-order valence-electron chi connectivity index (χ4n) is 2.95. The summed E-state index contributed by atoms with van der Waals surface area (Å²) in [7, 11) is 1.19. The molecule has 1 heterocycles. The Hall–Kier alpha value is -3.58. The number of rotatable bonds is 5. The molecule has 0 saturated heterocycles. The zero-order valence-corrected chi connectivity index (χ0v) is 15.3. The standard InChI is InChI=1S/C20H19N3O4/c1-4-9-27-20(25)16-12(2)23-15(11-22)18(19(24)26-3)17(16)14-8-6-5-7-13(14)10-21/h5-8,17,23H,4,9H2,1-3H3. The molecule has 0 amide bonds. The highest BCUT2D eigenvalue weighted by atomic mass is 16.5. The van der Waals surface area contributed by atoms with Crippen LogP contribution in [0.3, 0.4) is 0 Å². The Balaban J connectivity index is 2.76. The van der Waals surface area contributed by atoms with Gasteiger partial charge in [0.1, 0.15) is 11.8 Å². The van der Waals surface area contributed by atoms with Crippen molar-refractivity contribution in [3.63, 3.8) is 0 Å². The van der Waals surface area contributed by atoms with Crippen LogP contribution < -0.4 is 5.32 Å². The molecule has 1 unspecified atom stereocenters. The number of dihydropyridines is 1. The lowest BCUT2D eigenvalue weighted by atomic mass is 9.78. The minimum absolute atomic E-state index is 0.0239. The van der Waals surface area contributed by atoms with Gasteiger partial charge in [-0.1, -0.05) is 25.1 Å². The quantitative estimate of drug-likeness (QED) is 0.797. The molecule has 0 aliphatic carbocycles. The van der Waals surface area contributed by atoms with Gasteiger partial charge in [0.25, 0.3) is 0 Å². The van der Waals surface area contributed by atoms with Crippen LogP contribution in [0.2, 0.25) is 0 Å². The number of esters is 2. The lowest BCUT2D eigenvalue weighted by Crippen LogP contribution is -2.33. The molecule has 1 N–H and O–H groups in total. The zero-order chi connectivity index (χ0) is 20.0. The van der Waals surface area contributed by atoms with Crippen molar-refractivity contribution < 1.29 is 19.1 Å². The van der Waals surface area contributed by atoms with Crippen molar-refractivity contribution in [3.8, 4) is 12.1 Å². The monoisotopic (exact) mass is 365 g/mol. The Morgan fingerprint density at radius 2 is 1.85 bits per heavy atom. The summed E-state index contributed by atoms with van der Waals surface area (Å²) in [4.78, 5) is 25.2. The van der Waals surface area contributed by atoms with Crippen LogP contribution in [0.4, 0.5) is 0 Å². The summed E-state index contributed by atoms with van der Waals surface area (Å²) in [5, 5.41) is 21.8. The minimum Gasteiger partial charge on any atom is -0.466 e. The van der Waals surface area contributed by atoms with E-state index in [1.54, 1.807) is 31.2 Å². The molecule has 0 saturated carbocycles. The molecule has 2 rings (SSSR count). The van der Waals surface area contributed by atoms with Crippen LogP contribution in [-0.4, -0.2) is 25.7 Å². The Bertz CT molecular complexity index is 916. The summed E-state index contributed by atoms with van der Waals surface area (Å²) >= 11 is 0. The lowest BCUT2D eigenvalue weighted by molar-refractivity contribution is -0.139. The number of nitriles is 2. The third-order valence-electron chi connectivity index (χ3n) is 4.13. The molecular weight excluding hydrogens is 346 g/mol. The number of allylic oxidation sites excluding steroid dienone is 2. The maximum absolute atomic E-state index is 12.7. The number of methoxy groups -OCH3 is 1. The van der Waals surface area contributed by atoms with Gasteiger partial charge in [0.2, 0.25) is 0 Å². The topological polar surface area (TPSA) is 112 Å². The van der Waals surface area contributed by atoms with E-state index in [4.69, 9.17) is 9.47 Å². The summed E-state index contributed by atoms with van der Waals surface area (Å²) < 4.78 is 10.1. The third-order valence-corrected chi connectivity index (χ3v) is 4.13. The van der Waals surface area contributed by atoms with Crippen molar-refractivity contribution in [1.82, 2.24) is 5.32 Å². The van der Waals surface area contributed by atoms with Gasteiger partial charge in [-0.25, -0.2) is 9.59 Å². The molecule has 0 bridgehead atoms. The highest BCUT2D eigenvalue weighted by molar-refractivity contribution is 6.00. The lowest BCUT2D eigenvalue weighted by Gasteiger charge is -2.29. The van der Waals surface area contributed by atoms with E-state index >= 15 is 0 Å². The highest BCUT2D eigenvalue weighted by Crippen LogP contribution is 2.40. The van der Waals surface area contributed by atoms with Crippen molar-refractivity contribution in [1.29, 1.82) is 10.5 Å². The molecule has 27 heavy (non-hydrogen) atoms. The van der Waals surface area contributed by atoms with Crippen LogP contribution in [0.5, 0.6) is 0 Å². The smallest absolute Gasteiger partial charge is 0.337 e. The first-order chi connectivity index (χ1) is 13.0. The molecule has 0 radical (unpaired) electrons. The number of benzene rings is 1. The Kier molecular flexibility index (Phi) is 6.35. The fraction of sp³-hybridized carbons (Fsp3) is 0.300. The van der Waals surface area contributed by atoms with Crippen LogP contribution in [0.15, 0.2) is 46.8 Å². The normalized spacial score (nSPS) is 16.1. The van der Waals surface area contributed by atoms with Gasteiger partial charge >= 0.3 is 11.9 Å². The van der Waals surface area contributed by atoms with Crippen molar-refractivity contribution >= 4 is 11.9 Å². The van der Waals surface area contributed by atoms with Crippen molar-refractivity contribution in [3.05, 3.63) is 57.9 Å². The van der Waals surface area contributed by atoms with E-state index in [0.717, 1.165) is 0 Å². The SMILES string of the molecule is CCCOC(=O)C1=C(C)NC(C#N)=C(C(=O)OC)C1c1ccccc1C#N. The maximum atomic E-state index is 12.7. The summed E-state index contributed by atoms with van der Waals surface area (Å²) in [6, 6.07) is 10.6. The van der Waals surface area contributed by atoms with E-state index in [2.05, 4.69) is 11.4 Å². The summed E-state index contributed by atoms with van der Waals surface area (Å²) in [6.07, 6.45) is 0.633. The fourth-order valence-corrected chi connectivity index (χ4v) is 2.95. The van der Waals surface area contributed by atoms with E-state index in [9.17, 15) is 20.1 Å². The summed E-state index contributed by atoms with van der Waals surface area (Å²) in [5.41, 5.74) is 1.22. The van der Waals surface area contributed by atoms with Crippen LogP contribution in [0.25, 0.3) is 0 Å². The number of hydrogen-bond acceptors (Lipinski definition) is 7. The van der Waals surface area contributed by atoms with Gasteiger partial charge in [-0.2, -0.15) is 10.5 Å². The number of ether oxygens (including phenoxy) is 2. The highest BCUT2D eigenvalue weighted by Gasteiger charge is 2.40. The average Bonchev–Trinajstić information content (AvgIpc) is 2.70. The predicted octanol–water partition coefficient (Wildman–Crippen LogP) is 2.42. The second kappa shape index (κ2) is 8.68. The van der Waals surface area contributed by atoms with Crippen molar-refractivity contribution in [2.75, 3.05) is 13.7 Å². The molecule has 0 fully saturated rings. The average molecular weight is 365 g/mol. The first-order valence-electron chi connectivity index (χ1n) is 8.36. The second-order valence-electron chi connectivity index (χ2n) is 5.82. The molecule has 1 atom stereocenters. The second-order valence-corrected chi connectivity index (χ2v) is 5.82. The van der Waals surface area contributed by atoms with E-state index < -0.39 is 17.9 Å². The van der Waals surface area contributed by atoms with Gasteiger partial charge < -0.3 is 14.8 Å². The molecule has 1 aromatic carbocycles. The van der Waals surface area contributed by atoms with E-state index in [-0.39, 0.29) is 29.0 Å². The molecule has 0 spiro atoms. The van der Waals surface area contributed by atoms with Gasteiger partial charge in [-0.3, -0.25) is 0 Å². The zero-order valence-electron chi connectivity index (χ0n) is 15.3. The molecule has 1 aliphatic rings. The molecule has 1 aliphatic heterocycles. The number of nitrogens with zero attached hydrogens (tertiary/aromatic N) is 2. The third kappa shape index (κ3) is 3.83. The van der Waals surface area contributed by atoms with Crippen LogP contribution in [0.1, 0.15) is 37.3 Å². The molecule has 138 valence electrons. The number of hydrogen-bond donors (Lipinski definition) is 1.